The highest BCUT2D eigenvalue weighted by Gasteiger charge is 2.48. The number of hydrogen-bond acceptors (Lipinski definition) is 6. The molecule has 3 heterocycles. The Morgan fingerprint density at radius 3 is 2.17 bits per heavy atom. The summed E-state index contributed by atoms with van der Waals surface area (Å²) in [5, 5.41) is 0.0620. The van der Waals surface area contributed by atoms with E-state index < -0.39 is 20.1 Å². The van der Waals surface area contributed by atoms with E-state index in [4.69, 9.17) is 18.6 Å². The van der Waals surface area contributed by atoms with Gasteiger partial charge in [0.05, 0.1) is 6.10 Å². The second-order valence-corrected chi connectivity index (χ2v) is 22.5. The molecular formula is C44H77NO6Si. The lowest BCUT2D eigenvalue weighted by Crippen LogP contribution is -2.48. The molecule has 5 atom stereocenters. The molecule has 0 aromatic carbocycles. The van der Waals surface area contributed by atoms with Crippen LogP contribution in [-0.2, 0) is 28.2 Å². The highest BCUT2D eigenvalue weighted by Crippen LogP contribution is 2.40. The molecule has 0 bridgehead atoms. The molecule has 0 aliphatic carbocycles. The smallest absolute Gasteiger partial charge is 0.329 e. The number of carbonyl (C=O) groups is 2. The molecule has 3 rings (SSSR count). The summed E-state index contributed by atoms with van der Waals surface area (Å²) in [6.07, 6.45) is 26.3. The molecule has 3 aliphatic heterocycles. The third-order valence-electron chi connectivity index (χ3n) is 11.7. The Kier molecular flexibility index (Phi) is 19.5. The van der Waals surface area contributed by atoms with Crippen LogP contribution in [0, 0.1) is 11.8 Å². The summed E-state index contributed by atoms with van der Waals surface area (Å²) in [5.41, 5.74) is 0. The van der Waals surface area contributed by atoms with Crippen LogP contribution < -0.4 is 0 Å². The molecule has 2 saturated heterocycles. The Hall–Kier alpha value is -1.66. The van der Waals surface area contributed by atoms with Crippen molar-refractivity contribution in [2.75, 3.05) is 6.54 Å². The van der Waals surface area contributed by atoms with Crippen LogP contribution in [0.4, 0.5) is 0 Å². The molecule has 0 radical (unpaired) electrons. The molecule has 0 spiro atoms. The fourth-order valence-electron chi connectivity index (χ4n) is 7.53. The minimum Gasteiger partial charge on any atom is -0.461 e. The average Bonchev–Trinajstić information content (AvgIpc) is 3.69. The number of unbranched alkanes of at least 4 members (excludes halogenated alkanes) is 1. The van der Waals surface area contributed by atoms with Crippen molar-refractivity contribution in [1.82, 2.24) is 4.90 Å². The topological polar surface area (TPSA) is 74.3 Å². The van der Waals surface area contributed by atoms with Crippen molar-refractivity contribution in [3.63, 3.8) is 0 Å². The monoisotopic (exact) mass is 744 g/mol. The van der Waals surface area contributed by atoms with Crippen molar-refractivity contribution in [3.05, 3.63) is 12.2 Å². The van der Waals surface area contributed by atoms with Crippen LogP contribution in [0.15, 0.2) is 12.2 Å². The van der Waals surface area contributed by atoms with Gasteiger partial charge in [-0.2, -0.15) is 0 Å². The second kappa shape index (κ2) is 22.7. The summed E-state index contributed by atoms with van der Waals surface area (Å²) < 4.78 is 26.1. The van der Waals surface area contributed by atoms with Crippen molar-refractivity contribution in [3.8, 4) is 11.8 Å². The number of ether oxygens (including phenoxy) is 3. The number of cyclic esters (lactones) is 1. The number of amides is 1. The van der Waals surface area contributed by atoms with Crippen LogP contribution in [0.25, 0.3) is 0 Å². The van der Waals surface area contributed by atoms with Gasteiger partial charge in [0, 0.05) is 13.0 Å². The third kappa shape index (κ3) is 15.6. The van der Waals surface area contributed by atoms with Crippen molar-refractivity contribution >= 4 is 20.2 Å². The third-order valence-corrected chi connectivity index (χ3v) is 16.2. The zero-order chi connectivity index (χ0) is 38.0. The Morgan fingerprint density at radius 1 is 0.865 bits per heavy atom. The molecule has 298 valence electrons. The van der Waals surface area contributed by atoms with Gasteiger partial charge in [0.15, 0.2) is 14.1 Å². The molecule has 2 fully saturated rings. The van der Waals surface area contributed by atoms with Crippen LogP contribution in [-0.4, -0.2) is 67.9 Å². The zero-order valence-electron chi connectivity index (χ0n) is 34.7. The fraction of sp³-hybridized carbons (Fsp3) is 0.864. The lowest BCUT2D eigenvalue weighted by atomic mass is 10.0. The maximum atomic E-state index is 13.3. The van der Waals surface area contributed by atoms with Gasteiger partial charge in [-0.3, -0.25) is 4.79 Å². The predicted molar refractivity (Wildman–Crippen MR) is 215 cm³/mol. The molecule has 8 heteroatoms. The summed E-state index contributed by atoms with van der Waals surface area (Å²) in [4.78, 5) is 28.3. The zero-order valence-corrected chi connectivity index (χ0v) is 35.7. The molecule has 0 aromatic heterocycles. The first kappa shape index (κ1) is 44.7. The van der Waals surface area contributed by atoms with E-state index in [1.165, 1.54) is 44.9 Å². The lowest BCUT2D eigenvalue weighted by Gasteiger charge is -2.39. The van der Waals surface area contributed by atoms with Crippen molar-refractivity contribution in [2.24, 2.45) is 0 Å². The summed E-state index contributed by atoms with van der Waals surface area (Å²) in [6, 6.07) is -0.403. The van der Waals surface area contributed by atoms with Crippen LogP contribution in [0.2, 0.25) is 18.1 Å². The largest absolute Gasteiger partial charge is 0.461 e. The summed E-state index contributed by atoms with van der Waals surface area (Å²) in [5.74, 6) is 6.10. The van der Waals surface area contributed by atoms with E-state index in [0.717, 1.165) is 89.9 Å². The number of fused-ring (bicyclic) bond motifs is 2. The predicted octanol–water partition coefficient (Wildman–Crippen LogP) is 11.2. The first-order valence-electron chi connectivity index (χ1n) is 21.4. The van der Waals surface area contributed by atoms with Gasteiger partial charge >= 0.3 is 5.97 Å². The molecule has 3 aliphatic rings. The van der Waals surface area contributed by atoms with Crippen molar-refractivity contribution in [2.45, 2.75) is 237 Å². The molecule has 0 saturated carbocycles. The van der Waals surface area contributed by atoms with E-state index in [-0.39, 0.29) is 41.3 Å². The van der Waals surface area contributed by atoms with Crippen LogP contribution in [0.1, 0.15) is 183 Å². The normalized spacial score (nSPS) is 29.6. The van der Waals surface area contributed by atoms with Gasteiger partial charge in [-0.15, -0.1) is 0 Å². The Morgan fingerprint density at radius 2 is 1.50 bits per heavy atom. The Bertz CT molecular complexity index is 1150. The van der Waals surface area contributed by atoms with E-state index in [1.54, 1.807) is 0 Å². The lowest BCUT2D eigenvalue weighted by molar-refractivity contribution is -0.158. The number of hydrogen-bond donors (Lipinski definition) is 0. The molecule has 0 aromatic rings. The summed E-state index contributed by atoms with van der Waals surface area (Å²) >= 11 is 0. The standard InChI is InChI=1S/C44H77NO6Si/c1-9-10-29-36-30-24-20-16-15-18-22-26-33-39(51-52(7,8)43(2,3)4)41-38(49-44(5,6)50-41)32-25-21-17-13-11-12-14-19-23-27-34-40(46)45-35-28-31-37(45)42(47)48-36/h18,22,36-39,41H,9-17,19-21,23-25,27-32,34-35H2,1-8H3/b22-18+/t36?,37-,38-,39-,41+/m0/s1. The number of nitrogens with zero attached hydrogens (tertiary/aromatic N) is 1. The van der Waals surface area contributed by atoms with Gasteiger partial charge in [-0.1, -0.05) is 123 Å². The molecule has 52 heavy (non-hydrogen) atoms. The maximum Gasteiger partial charge on any atom is 0.329 e. The van der Waals surface area contributed by atoms with Gasteiger partial charge in [0.1, 0.15) is 24.4 Å². The molecular weight excluding hydrogens is 667 g/mol. The quantitative estimate of drug-likeness (QED) is 0.159. The van der Waals surface area contributed by atoms with E-state index in [9.17, 15) is 9.59 Å². The highest BCUT2D eigenvalue weighted by molar-refractivity contribution is 6.74. The van der Waals surface area contributed by atoms with Gasteiger partial charge in [-0.25, -0.2) is 4.79 Å². The van der Waals surface area contributed by atoms with Crippen molar-refractivity contribution < 1.29 is 28.2 Å². The van der Waals surface area contributed by atoms with Crippen LogP contribution >= 0.6 is 0 Å². The first-order chi connectivity index (χ1) is 24.7. The first-order valence-corrected chi connectivity index (χ1v) is 24.3. The Balaban J connectivity index is 1.68. The fourth-order valence-corrected chi connectivity index (χ4v) is 8.71. The molecule has 0 N–H and O–H groups in total. The van der Waals surface area contributed by atoms with Gasteiger partial charge in [-0.05, 0) is 95.8 Å². The molecule has 7 nitrogen and oxygen atoms in total. The van der Waals surface area contributed by atoms with E-state index in [0.29, 0.717) is 13.0 Å². The average molecular weight is 744 g/mol. The van der Waals surface area contributed by atoms with Crippen LogP contribution in [0.5, 0.6) is 0 Å². The van der Waals surface area contributed by atoms with E-state index in [1.807, 2.05) is 24.8 Å². The highest BCUT2D eigenvalue weighted by atomic mass is 28.4. The molecule has 1 amide bonds. The minimum absolute atomic E-state index is 0.0351. The van der Waals surface area contributed by atoms with E-state index in [2.05, 4.69) is 58.7 Å². The van der Waals surface area contributed by atoms with Crippen molar-refractivity contribution in [1.29, 1.82) is 0 Å². The van der Waals surface area contributed by atoms with Gasteiger partial charge in [0.25, 0.3) is 0 Å². The maximum absolute atomic E-state index is 13.3. The Labute approximate surface area is 320 Å². The SMILES string of the molecule is CCCCC1CCCCC/C=C/C#C[C@H](O[Si](C)(C)C(C)(C)C)[C@@H]2OC(C)(C)O[C@H]2CCCCCCCCCCCCC(=O)N2CCC[C@H]2C(=O)O1. The van der Waals surface area contributed by atoms with Crippen LogP contribution in [0.3, 0.4) is 0 Å². The number of allylic oxidation sites excluding steroid dienone is 2. The summed E-state index contributed by atoms with van der Waals surface area (Å²) in [7, 11) is -2.12. The van der Waals surface area contributed by atoms with Gasteiger partial charge in [0.2, 0.25) is 5.91 Å². The summed E-state index contributed by atoms with van der Waals surface area (Å²) in [6.45, 7) is 18.3. The molecule has 1 unspecified atom stereocenters. The second-order valence-electron chi connectivity index (χ2n) is 17.8. The van der Waals surface area contributed by atoms with E-state index >= 15 is 0 Å². The number of rotatable bonds is 5. The minimum atomic E-state index is -2.12. The number of esters is 1. The number of carbonyl (C=O) groups excluding carboxylic acids is 2. The van der Waals surface area contributed by atoms with Gasteiger partial charge < -0.3 is 23.5 Å².